The summed E-state index contributed by atoms with van der Waals surface area (Å²) in [5.41, 5.74) is 2.29. The van der Waals surface area contributed by atoms with E-state index in [4.69, 9.17) is 0 Å². The number of anilines is 1. The van der Waals surface area contributed by atoms with Gasteiger partial charge in [0.15, 0.2) is 0 Å². The van der Waals surface area contributed by atoms with E-state index in [9.17, 15) is 18.5 Å². The molecule has 2 N–H and O–H groups in total. The minimum Gasteiger partial charge on any atom is -0.345 e. The van der Waals surface area contributed by atoms with E-state index in [1.54, 1.807) is 18.3 Å². The standard InChI is InChI=1S/C23H26N6O3S2/c24-14-18-16-4-1-2-6-19(16)33-23(18)27-21(30)7-9-28-10-12-29(13-11-28)34(31,32)20-15-26-22-17(20)5-3-8-25-22/h3,5,8,15H,1-2,4,6-7,9-13H2,(H,25,26)(H,27,30). The van der Waals surface area contributed by atoms with Crippen molar-refractivity contribution in [3.05, 3.63) is 40.5 Å². The number of hydrogen-bond donors (Lipinski definition) is 2. The van der Waals surface area contributed by atoms with Crippen LogP contribution in [0.15, 0.2) is 29.4 Å². The summed E-state index contributed by atoms with van der Waals surface area (Å²) in [7, 11) is -3.62. The van der Waals surface area contributed by atoms with Crippen LogP contribution in [0.4, 0.5) is 5.00 Å². The number of thiophene rings is 1. The van der Waals surface area contributed by atoms with Gasteiger partial charge < -0.3 is 15.2 Å². The van der Waals surface area contributed by atoms with Crippen LogP contribution in [0.1, 0.15) is 35.3 Å². The fraction of sp³-hybridized carbons (Fsp3) is 0.435. The van der Waals surface area contributed by atoms with Gasteiger partial charge in [-0.25, -0.2) is 13.4 Å². The lowest BCUT2D eigenvalue weighted by atomic mass is 9.96. The first-order chi connectivity index (χ1) is 16.5. The highest BCUT2D eigenvalue weighted by Gasteiger charge is 2.31. The zero-order chi connectivity index (χ0) is 23.7. The van der Waals surface area contributed by atoms with Crippen LogP contribution in [-0.4, -0.2) is 66.2 Å². The molecule has 3 aromatic heterocycles. The molecule has 9 nitrogen and oxygen atoms in total. The Balaban J connectivity index is 1.15. The lowest BCUT2D eigenvalue weighted by Gasteiger charge is -2.33. The Hall–Kier alpha value is -2.78. The smallest absolute Gasteiger partial charge is 0.245 e. The van der Waals surface area contributed by atoms with Crippen LogP contribution < -0.4 is 5.32 Å². The van der Waals surface area contributed by atoms with E-state index in [2.05, 4.69) is 26.3 Å². The largest absolute Gasteiger partial charge is 0.345 e. The van der Waals surface area contributed by atoms with Gasteiger partial charge in [0.1, 0.15) is 21.6 Å². The molecule has 4 heterocycles. The molecule has 1 fully saturated rings. The van der Waals surface area contributed by atoms with Crippen molar-refractivity contribution in [1.29, 1.82) is 5.26 Å². The number of pyridine rings is 1. The summed E-state index contributed by atoms with van der Waals surface area (Å²) >= 11 is 1.53. The van der Waals surface area contributed by atoms with E-state index < -0.39 is 10.0 Å². The number of nitriles is 1. The molecule has 0 spiro atoms. The van der Waals surface area contributed by atoms with E-state index in [-0.39, 0.29) is 10.8 Å². The van der Waals surface area contributed by atoms with Crippen molar-refractivity contribution >= 4 is 43.3 Å². The summed E-state index contributed by atoms with van der Waals surface area (Å²) in [6, 6.07) is 5.75. The molecule has 0 radical (unpaired) electrons. The molecule has 3 aromatic rings. The van der Waals surface area contributed by atoms with Crippen LogP contribution in [0.2, 0.25) is 0 Å². The monoisotopic (exact) mass is 498 g/mol. The zero-order valence-corrected chi connectivity index (χ0v) is 20.3. The molecule has 1 aliphatic heterocycles. The number of carbonyl (C=O) groups excluding carboxylic acids is 1. The number of H-pyrrole nitrogens is 1. The Labute approximate surface area is 202 Å². The minimum atomic E-state index is -3.62. The van der Waals surface area contributed by atoms with Gasteiger partial charge in [-0.05, 0) is 43.4 Å². The third kappa shape index (κ3) is 4.34. The van der Waals surface area contributed by atoms with Crippen LogP contribution in [-0.2, 0) is 27.7 Å². The second-order valence-corrected chi connectivity index (χ2v) is 11.6. The lowest BCUT2D eigenvalue weighted by molar-refractivity contribution is -0.116. The van der Waals surface area contributed by atoms with Gasteiger partial charge in [0.2, 0.25) is 15.9 Å². The topological polar surface area (TPSA) is 122 Å². The Morgan fingerprint density at radius 3 is 2.82 bits per heavy atom. The summed E-state index contributed by atoms with van der Waals surface area (Å²) in [6.07, 6.45) is 7.53. The molecule has 0 bridgehead atoms. The van der Waals surface area contributed by atoms with Crippen molar-refractivity contribution in [3.8, 4) is 6.07 Å². The van der Waals surface area contributed by atoms with E-state index in [1.165, 1.54) is 26.7 Å². The number of piperazine rings is 1. The number of nitrogens with one attached hydrogen (secondary N) is 2. The summed E-state index contributed by atoms with van der Waals surface area (Å²) in [4.78, 5) is 23.3. The molecule has 0 atom stereocenters. The number of aryl methyl sites for hydroxylation is 1. The second-order valence-electron chi connectivity index (χ2n) is 8.62. The van der Waals surface area contributed by atoms with Gasteiger partial charge in [-0.15, -0.1) is 11.3 Å². The van der Waals surface area contributed by atoms with Crippen LogP contribution in [0.3, 0.4) is 0 Å². The molecule has 2 aliphatic rings. The van der Waals surface area contributed by atoms with Crippen LogP contribution in [0.25, 0.3) is 11.0 Å². The predicted octanol–water partition coefficient (Wildman–Crippen LogP) is 2.71. The molecule has 0 saturated carbocycles. The Morgan fingerprint density at radius 1 is 1.24 bits per heavy atom. The number of hydrogen-bond acceptors (Lipinski definition) is 7. The van der Waals surface area contributed by atoms with Crippen LogP contribution >= 0.6 is 11.3 Å². The Kier molecular flexibility index (Phi) is 6.40. The van der Waals surface area contributed by atoms with Gasteiger partial charge in [-0.1, -0.05) is 0 Å². The van der Waals surface area contributed by atoms with Gasteiger partial charge in [-0.2, -0.15) is 9.57 Å². The molecule has 11 heteroatoms. The molecule has 0 unspecified atom stereocenters. The van der Waals surface area contributed by atoms with Gasteiger partial charge in [-0.3, -0.25) is 4.79 Å². The average molecular weight is 499 g/mol. The minimum absolute atomic E-state index is 0.114. The number of nitrogens with zero attached hydrogens (tertiary/aromatic N) is 4. The fourth-order valence-electron chi connectivity index (χ4n) is 4.70. The molecule has 5 rings (SSSR count). The molecule has 1 aliphatic carbocycles. The first kappa shape index (κ1) is 23.0. The van der Waals surface area contributed by atoms with E-state index >= 15 is 0 Å². The number of rotatable bonds is 6. The highest BCUT2D eigenvalue weighted by molar-refractivity contribution is 7.89. The molecule has 34 heavy (non-hydrogen) atoms. The normalized spacial score (nSPS) is 17.4. The van der Waals surface area contributed by atoms with Crippen molar-refractivity contribution in [3.63, 3.8) is 0 Å². The maximum Gasteiger partial charge on any atom is 0.245 e. The molecule has 178 valence electrons. The lowest BCUT2D eigenvalue weighted by Crippen LogP contribution is -2.49. The average Bonchev–Trinajstić information content (AvgIpc) is 3.44. The number of amides is 1. The van der Waals surface area contributed by atoms with Gasteiger partial charge >= 0.3 is 0 Å². The maximum atomic E-state index is 13.2. The third-order valence-corrected chi connectivity index (χ3v) is 9.70. The quantitative estimate of drug-likeness (QED) is 0.539. The van der Waals surface area contributed by atoms with Crippen LogP contribution in [0.5, 0.6) is 0 Å². The SMILES string of the molecule is N#Cc1c(NC(=O)CCN2CCN(S(=O)(=O)c3c[nH]c4ncccc34)CC2)sc2c1CCCC2. The summed E-state index contributed by atoms with van der Waals surface area (Å²) in [5.74, 6) is -0.114. The van der Waals surface area contributed by atoms with Crippen molar-refractivity contribution in [2.45, 2.75) is 37.0 Å². The summed E-state index contributed by atoms with van der Waals surface area (Å²) < 4.78 is 27.8. The van der Waals surface area contributed by atoms with Crippen LogP contribution in [0, 0.1) is 11.3 Å². The van der Waals surface area contributed by atoms with Gasteiger partial charge in [0.05, 0.1) is 5.56 Å². The first-order valence-corrected chi connectivity index (χ1v) is 13.7. The maximum absolute atomic E-state index is 13.2. The number of fused-ring (bicyclic) bond motifs is 2. The van der Waals surface area contributed by atoms with Crippen molar-refractivity contribution in [2.24, 2.45) is 0 Å². The van der Waals surface area contributed by atoms with Crippen molar-refractivity contribution in [2.75, 3.05) is 38.0 Å². The van der Waals surface area contributed by atoms with E-state index in [0.717, 1.165) is 31.2 Å². The summed E-state index contributed by atoms with van der Waals surface area (Å²) in [6.45, 7) is 2.40. The van der Waals surface area contributed by atoms with E-state index in [1.807, 2.05) is 0 Å². The summed E-state index contributed by atoms with van der Waals surface area (Å²) in [5, 5.41) is 13.8. The Bertz CT molecular complexity index is 1360. The van der Waals surface area contributed by atoms with Crippen molar-refractivity contribution in [1.82, 2.24) is 19.2 Å². The molecule has 1 saturated heterocycles. The van der Waals surface area contributed by atoms with Crippen molar-refractivity contribution < 1.29 is 13.2 Å². The number of carbonyl (C=O) groups is 1. The zero-order valence-electron chi connectivity index (χ0n) is 18.7. The predicted molar refractivity (Wildman–Crippen MR) is 130 cm³/mol. The third-order valence-electron chi connectivity index (χ3n) is 6.55. The molecule has 0 aromatic carbocycles. The highest BCUT2D eigenvalue weighted by atomic mass is 32.2. The second kappa shape index (κ2) is 9.46. The van der Waals surface area contributed by atoms with E-state index in [0.29, 0.717) is 60.7 Å². The molecular formula is C23H26N6O3S2. The number of aromatic nitrogens is 2. The molecule has 1 amide bonds. The Morgan fingerprint density at radius 2 is 2.03 bits per heavy atom. The highest BCUT2D eigenvalue weighted by Crippen LogP contribution is 2.37. The number of sulfonamides is 1. The fourth-order valence-corrected chi connectivity index (χ4v) is 7.53. The van der Waals surface area contributed by atoms with Gasteiger partial charge in [0.25, 0.3) is 0 Å². The van der Waals surface area contributed by atoms with Gasteiger partial charge in [0, 0.05) is 61.8 Å². The number of aromatic amines is 1. The first-order valence-electron chi connectivity index (χ1n) is 11.5. The molecular weight excluding hydrogens is 472 g/mol.